The normalized spacial score (nSPS) is 10.9. The van der Waals surface area contributed by atoms with E-state index in [1.165, 1.54) is 49.6 Å². The summed E-state index contributed by atoms with van der Waals surface area (Å²) >= 11 is 18.7. The van der Waals surface area contributed by atoms with Gasteiger partial charge in [0.1, 0.15) is 18.2 Å². The topological polar surface area (TPSA) is 88.4 Å². The quantitative estimate of drug-likeness (QED) is 0.219. The van der Waals surface area contributed by atoms with Crippen LogP contribution in [0.4, 0.5) is 5.69 Å². The number of hydrogen-bond donors (Lipinski definition) is 1. The average molecular weight is 516 g/mol. The van der Waals surface area contributed by atoms with E-state index in [0.717, 1.165) is 5.56 Å². The number of ether oxygens (including phenoxy) is 2. The molecule has 0 radical (unpaired) electrons. The van der Waals surface area contributed by atoms with Gasteiger partial charge in [0, 0.05) is 10.7 Å². The van der Waals surface area contributed by atoms with Gasteiger partial charge in [0.05, 0.1) is 22.7 Å². The molecule has 6 nitrogen and oxygen atoms in total. The van der Waals surface area contributed by atoms with Crippen LogP contribution in [0.15, 0.2) is 66.2 Å². The second kappa shape index (κ2) is 11.6. The molecule has 34 heavy (non-hydrogen) atoms. The average Bonchev–Trinajstić information content (AvgIpc) is 2.82. The third-order valence-electron chi connectivity index (χ3n) is 4.53. The van der Waals surface area contributed by atoms with Crippen LogP contribution in [-0.2, 0) is 16.1 Å². The second-order valence-electron chi connectivity index (χ2n) is 6.93. The number of nitriles is 1. The number of nitrogens with one attached hydrogen (secondary N) is 1. The lowest BCUT2D eigenvalue weighted by Crippen LogP contribution is -2.13. The highest BCUT2D eigenvalue weighted by Gasteiger charge is 2.14. The van der Waals surface area contributed by atoms with Crippen LogP contribution >= 0.6 is 34.8 Å². The van der Waals surface area contributed by atoms with E-state index in [1.54, 1.807) is 18.2 Å². The zero-order valence-electron chi connectivity index (χ0n) is 17.8. The Morgan fingerprint density at radius 3 is 2.29 bits per heavy atom. The van der Waals surface area contributed by atoms with Gasteiger partial charge in [-0.15, -0.1) is 0 Å². The van der Waals surface area contributed by atoms with Gasteiger partial charge in [0.25, 0.3) is 5.91 Å². The van der Waals surface area contributed by atoms with E-state index >= 15 is 0 Å². The Bertz CT molecular complexity index is 1280. The van der Waals surface area contributed by atoms with Crippen LogP contribution in [0, 0.1) is 11.3 Å². The monoisotopic (exact) mass is 514 g/mol. The Balaban J connectivity index is 1.74. The largest absolute Gasteiger partial charge is 0.486 e. The molecule has 0 fully saturated rings. The fourth-order valence-electron chi connectivity index (χ4n) is 2.90. The summed E-state index contributed by atoms with van der Waals surface area (Å²) in [4.78, 5) is 24.1. The summed E-state index contributed by atoms with van der Waals surface area (Å²) in [5.41, 5.74) is 1.85. The summed E-state index contributed by atoms with van der Waals surface area (Å²) in [7, 11) is 1.28. The third kappa shape index (κ3) is 6.52. The van der Waals surface area contributed by atoms with Crippen molar-refractivity contribution < 1.29 is 19.1 Å². The van der Waals surface area contributed by atoms with E-state index in [4.69, 9.17) is 39.5 Å². The third-order valence-corrected chi connectivity index (χ3v) is 5.33. The molecule has 0 aromatic heterocycles. The Labute approximate surface area is 211 Å². The van der Waals surface area contributed by atoms with Gasteiger partial charge in [-0.25, -0.2) is 4.79 Å². The summed E-state index contributed by atoms with van der Waals surface area (Å²) in [6.45, 7) is 0.204. The highest BCUT2D eigenvalue weighted by Crippen LogP contribution is 2.35. The number of carbonyl (C=O) groups excluding carboxylic acids is 2. The summed E-state index contributed by atoms with van der Waals surface area (Å²) in [6, 6.07) is 18.2. The van der Waals surface area contributed by atoms with Crippen molar-refractivity contribution in [1.29, 1.82) is 5.26 Å². The Kier molecular flexibility index (Phi) is 8.55. The number of esters is 1. The number of halogens is 3. The molecule has 0 heterocycles. The standard InChI is InChI=1S/C25H17Cl3N2O4/c1-33-25(32)17-5-7-20(8-6-17)30-24(31)18(13-29)9-16-11-21(27)23(22(28)12-16)34-14-15-3-2-4-19(26)10-15/h2-12H,14H2,1H3,(H,30,31)/b18-9+. The molecule has 3 rings (SSSR count). The van der Waals surface area contributed by atoms with Gasteiger partial charge in [-0.3, -0.25) is 4.79 Å². The Morgan fingerprint density at radius 1 is 1.03 bits per heavy atom. The van der Waals surface area contributed by atoms with Gasteiger partial charge in [-0.2, -0.15) is 5.26 Å². The highest BCUT2D eigenvalue weighted by molar-refractivity contribution is 6.37. The van der Waals surface area contributed by atoms with Crippen LogP contribution in [0.3, 0.4) is 0 Å². The number of hydrogen-bond acceptors (Lipinski definition) is 5. The molecule has 0 saturated heterocycles. The molecule has 0 saturated carbocycles. The number of carbonyl (C=O) groups is 2. The molecular formula is C25H17Cl3N2O4. The van der Waals surface area contributed by atoms with E-state index < -0.39 is 11.9 Å². The molecule has 0 aliphatic carbocycles. The highest BCUT2D eigenvalue weighted by atomic mass is 35.5. The first kappa shape index (κ1) is 25.1. The fraction of sp³-hybridized carbons (Fsp3) is 0.0800. The van der Waals surface area contributed by atoms with Crippen molar-refractivity contribution in [2.45, 2.75) is 6.61 Å². The van der Waals surface area contributed by atoms with Crippen LogP contribution < -0.4 is 10.1 Å². The molecular weight excluding hydrogens is 499 g/mol. The summed E-state index contributed by atoms with van der Waals surface area (Å²) in [6.07, 6.45) is 1.36. The molecule has 172 valence electrons. The van der Waals surface area contributed by atoms with Crippen molar-refractivity contribution in [2.75, 3.05) is 12.4 Å². The molecule has 1 N–H and O–H groups in total. The van der Waals surface area contributed by atoms with E-state index in [-0.39, 0.29) is 28.0 Å². The fourth-order valence-corrected chi connectivity index (χ4v) is 3.73. The smallest absolute Gasteiger partial charge is 0.337 e. The minimum Gasteiger partial charge on any atom is -0.486 e. The minimum atomic E-state index is -0.637. The number of methoxy groups -OCH3 is 1. The van der Waals surface area contributed by atoms with Crippen molar-refractivity contribution in [2.24, 2.45) is 0 Å². The molecule has 0 unspecified atom stereocenters. The van der Waals surface area contributed by atoms with Crippen molar-refractivity contribution in [1.82, 2.24) is 0 Å². The van der Waals surface area contributed by atoms with E-state index in [2.05, 4.69) is 10.1 Å². The van der Waals surface area contributed by atoms with Crippen LogP contribution in [0.25, 0.3) is 6.08 Å². The van der Waals surface area contributed by atoms with Gasteiger partial charge in [-0.1, -0.05) is 46.9 Å². The van der Waals surface area contributed by atoms with Crippen molar-refractivity contribution in [3.63, 3.8) is 0 Å². The first-order chi connectivity index (χ1) is 16.3. The van der Waals surface area contributed by atoms with E-state index in [0.29, 0.717) is 21.8 Å². The number of rotatable bonds is 7. The predicted molar refractivity (Wildman–Crippen MR) is 132 cm³/mol. The lowest BCUT2D eigenvalue weighted by Gasteiger charge is -2.11. The van der Waals surface area contributed by atoms with Gasteiger partial charge in [-0.05, 0) is 65.7 Å². The zero-order valence-corrected chi connectivity index (χ0v) is 20.0. The van der Waals surface area contributed by atoms with Crippen molar-refractivity contribution in [3.05, 3.63) is 98.0 Å². The number of anilines is 1. The minimum absolute atomic E-state index is 0.170. The first-order valence-electron chi connectivity index (χ1n) is 9.78. The first-order valence-corrected chi connectivity index (χ1v) is 10.9. The molecule has 9 heteroatoms. The second-order valence-corrected chi connectivity index (χ2v) is 8.18. The maximum Gasteiger partial charge on any atom is 0.337 e. The van der Waals surface area contributed by atoms with Crippen LogP contribution in [0.1, 0.15) is 21.5 Å². The maximum atomic E-state index is 12.6. The number of amides is 1. The summed E-state index contributed by atoms with van der Waals surface area (Å²) < 4.78 is 10.4. The Hall–Kier alpha value is -3.50. The molecule has 3 aromatic rings. The van der Waals surface area contributed by atoms with Gasteiger partial charge in [0.2, 0.25) is 0 Å². The Morgan fingerprint density at radius 2 is 1.71 bits per heavy atom. The number of nitrogens with zero attached hydrogens (tertiary/aromatic N) is 1. The maximum absolute atomic E-state index is 12.6. The molecule has 0 bridgehead atoms. The molecule has 0 aliphatic heterocycles. The zero-order chi connectivity index (χ0) is 24.7. The van der Waals surface area contributed by atoms with Crippen molar-refractivity contribution in [3.8, 4) is 11.8 Å². The van der Waals surface area contributed by atoms with E-state index in [1.807, 2.05) is 12.1 Å². The van der Waals surface area contributed by atoms with Gasteiger partial charge >= 0.3 is 5.97 Å². The van der Waals surface area contributed by atoms with Gasteiger partial charge in [0.15, 0.2) is 5.75 Å². The number of benzene rings is 3. The van der Waals surface area contributed by atoms with Crippen LogP contribution in [0.5, 0.6) is 5.75 Å². The molecule has 3 aromatic carbocycles. The van der Waals surface area contributed by atoms with Gasteiger partial charge < -0.3 is 14.8 Å². The lowest BCUT2D eigenvalue weighted by atomic mass is 10.1. The van der Waals surface area contributed by atoms with E-state index in [9.17, 15) is 14.9 Å². The lowest BCUT2D eigenvalue weighted by molar-refractivity contribution is -0.112. The summed E-state index contributed by atoms with van der Waals surface area (Å²) in [5.74, 6) is -0.861. The molecule has 0 aliphatic rings. The predicted octanol–water partition coefficient (Wildman–Crippen LogP) is 6.56. The van der Waals surface area contributed by atoms with Crippen LogP contribution in [0.2, 0.25) is 15.1 Å². The summed E-state index contributed by atoms with van der Waals surface area (Å²) in [5, 5.41) is 13.1. The van der Waals surface area contributed by atoms with Crippen molar-refractivity contribution >= 4 is 58.4 Å². The molecule has 0 atom stereocenters. The SMILES string of the molecule is COC(=O)c1ccc(NC(=O)/C(C#N)=C/c2cc(Cl)c(OCc3cccc(Cl)c3)c(Cl)c2)cc1. The molecule has 0 spiro atoms. The van der Waals surface area contributed by atoms with Crippen LogP contribution in [-0.4, -0.2) is 19.0 Å². The molecule has 1 amide bonds.